The quantitative estimate of drug-likeness (QED) is 0.577. The third-order valence-electron chi connectivity index (χ3n) is 1.91. The number of nitrogens with zero attached hydrogens (tertiary/aromatic N) is 1. The van der Waals surface area contributed by atoms with Crippen molar-refractivity contribution in [1.29, 1.82) is 0 Å². The van der Waals surface area contributed by atoms with Crippen LogP contribution in [0.15, 0.2) is 18.2 Å². The molecule has 2 N–H and O–H groups in total. The molecule has 0 aliphatic rings. The molecule has 7 heteroatoms. The van der Waals surface area contributed by atoms with E-state index < -0.39 is 17.4 Å². The van der Waals surface area contributed by atoms with Crippen molar-refractivity contribution < 1.29 is 19.6 Å². The van der Waals surface area contributed by atoms with E-state index in [9.17, 15) is 14.9 Å². The number of carboxylic acids is 1. The highest BCUT2D eigenvalue weighted by molar-refractivity contribution is 5.76. The van der Waals surface area contributed by atoms with Crippen LogP contribution >= 0.6 is 0 Å². The van der Waals surface area contributed by atoms with E-state index in [1.807, 2.05) is 0 Å². The molecule has 0 bridgehead atoms. The standard InChI is InChI=1S/C10H12N2O5/c1-2-17-8-5-3-4-7(10(8)12(15)16)11-6-9(13)14/h3-5,11H,2,6H2,1H3,(H,13,14). The molecule has 0 saturated carbocycles. The summed E-state index contributed by atoms with van der Waals surface area (Å²) in [6, 6.07) is 4.46. The Kier molecular flexibility index (Phi) is 4.27. The summed E-state index contributed by atoms with van der Waals surface area (Å²) in [5.41, 5.74) is -0.126. The summed E-state index contributed by atoms with van der Waals surface area (Å²) in [6.45, 7) is 1.61. The first-order chi connectivity index (χ1) is 8.06. The van der Waals surface area contributed by atoms with Crippen molar-refractivity contribution in [3.8, 4) is 5.75 Å². The number of hydrogen-bond donors (Lipinski definition) is 2. The maximum Gasteiger partial charge on any atom is 0.333 e. The van der Waals surface area contributed by atoms with E-state index in [1.54, 1.807) is 13.0 Å². The van der Waals surface area contributed by atoms with Crippen LogP contribution in [0, 0.1) is 10.1 Å². The number of hydrogen-bond acceptors (Lipinski definition) is 5. The molecule has 92 valence electrons. The van der Waals surface area contributed by atoms with Gasteiger partial charge in [0.2, 0.25) is 0 Å². The minimum atomic E-state index is -1.10. The summed E-state index contributed by atoms with van der Waals surface area (Å²) in [5, 5.41) is 21.9. The predicted molar refractivity (Wildman–Crippen MR) is 60.4 cm³/mol. The number of nitro groups is 1. The summed E-state index contributed by atoms with van der Waals surface area (Å²) in [6.07, 6.45) is 0. The molecule has 1 rings (SSSR count). The summed E-state index contributed by atoms with van der Waals surface area (Å²) in [5.74, 6) is -0.978. The number of carboxylic acid groups (broad SMARTS) is 1. The van der Waals surface area contributed by atoms with E-state index in [1.165, 1.54) is 12.1 Å². The molecular formula is C10H12N2O5. The van der Waals surface area contributed by atoms with Crippen LogP contribution in [0.2, 0.25) is 0 Å². The first-order valence-electron chi connectivity index (χ1n) is 4.92. The highest BCUT2D eigenvalue weighted by Crippen LogP contribution is 2.34. The van der Waals surface area contributed by atoms with Gasteiger partial charge in [-0.2, -0.15) is 0 Å². The average Bonchev–Trinajstić information content (AvgIpc) is 2.26. The van der Waals surface area contributed by atoms with Crippen molar-refractivity contribution in [2.75, 3.05) is 18.5 Å². The molecule has 0 spiro atoms. The average molecular weight is 240 g/mol. The zero-order valence-electron chi connectivity index (χ0n) is 9.17. The molecule has 7 nitrogen and oxygen atoms in total. The molecule has 0 fully saturated rings. The Hall–Kier alpha value is -2.31. The van der Waals surface area contributed by atoms with Crippen molar-refractivity contribution in [1.82, 2.24) is 0 Å². The van der Waals surface area contributed by atoms with Crippen LogP contribution in [0.25, 0.3) is 0 Å². The Morgan fingerprint density at radius 3 is 2.82 bits per heavy atom. The minimum Gasteiger partial charge on any atom is -0.487 e. The molecule has 0 aliphatic carbocycles. The van der Waals surface area contributed by atoms with E-state index >= 15 is 0 Å². The maximum atomic E-state index is 10.9. The topological polar surface area (TPSA) is 102 Å². The molecule has 0 aliphatic heterocycles. The fourth-order valence-electron chi connectivity index (χ4n) is 1.30. The lowest BCUT2D eigenvalue weighted by Crippen LogP contribution is -2.13. The number of nitro benzene ring substituents is 1. The first-order valence-corrected chi connectivity index (χ1v) is 4.92. The second kappa shape index (κ2) is 5.69. The summed E-state index contributed by atoms with van der Waals surface area (Å²) >= 11 is 0. The summed E-state index contributed by atoms with van der Waals surface area (Å²) < 4.78 is 5.12. The van der Waals surface area contributed by atoms with Crippen LogP contribution in [-0.2, 0) is 4.79 Å². The lowest BCUT2D eigenvalue weighted by Gasteiger charge is -2.08. The number of para-hydroxylation sites is 1. The van der Waals surface area contributed by atoms with Gasteiger partial charge in [-0.25, -0.2) is 0 Å². The highest BCUT2D eigenvalue weighted by Gasteiger charge is 2.20. The number of rotatable bonds is 6. The van der Waals surface area contributed by atoms with Gasteiger partial charge in [-0.05, 0) is 19.1 Å². The van der Waals surface area contributed by atoms with Crippen molar-refractivity contribution in [2.45, 2.75) is 6.92 Å². The largest absolute Gasteiger partial charge is 0.487 e. The van der Waals surface area contributed by atoms with E-state index in [0.717, 1.165) is 0 Å². The van der Waals surface area contributed by atoms with Crippen molar-refractivity contribution in [3.05, 3.63) is 28.3 Å². The van der Waals surface area contributed by atoms with Crippen molar-refractivity contribution in [2.24, 2.45) is 0 Å². The molecular weight excluding hydrogens is 228 g/mol. The third kappa shape index (κ3) is 3.33. The zero-order chi connectivity index (χ0) is 12.8. The smallest absolute Gasteiger partial charge is 0.333 e. The minimum absolute atomic E-state index is 0.118. The maximum absolute atomic E-state index is 10.9. The van der Waals surface area contributed by atoms with E-state index in [-0.39, 0.29) is 17.1 Å². The van der Waals surface area contributed by atoms with Crippen LogP contribution in [0.1, 0.15) is 6.92 Å². The van der Waals surface area contributed by atoms with E-state index in [2.05, 4.69) is 5.32 Å². The van der Waals surface area contributed by atoms with Crippen molar-refractivity contribution >= 4 is 17.3 Å². The Bertz CT molecular complexity index is 433. The lowest BCUT2D eigenvalue weighted by atomic mass is 10.2. The molecule has 0 radical (unpaired) electrons. The second-order valence-electron chi connectivity index (χ2n) is 3.09. The van der Waals surface area contributed by atoms with Gasteiger partial charge in [0.1, 0.15) is 12.2 Å². The van der Waals surface area contributed by atoms with Gasteiger partial charge in [-0.15, -0.1) is 0 Å². The normalized spacial score (nSPS) is 9.71. The van der Waals surface area contributed by atoms with Gasteiger partial charge in [0.25, 0.3) is 0 Å². The van der Waals surface area contributed by atoms with Crippen molar-refractivity contribution in [3.63, 3.8) is 0 Å². The van der Waals surface area contributed by atoms with E-state index in [4.69, 9.17) is 9.84 Å². The first kappa shape index (κ1) is 12.8. The van der Waals surface area contributed by atoms with Gasteiger partial charge in [0, 0.05) is 0 Å². The molecule has 0 unspecified atom stereocenters. The van der Waals surface area contributed by atoms with Gasteiger partial charge in [0.15, 0.2) is 5.75 Å². The number of aliphatic carboxylic acids is 1. The molecule has 1 aromatic carbocycles. The second-order valence-corrected chi connectivity index (χ2v) is 3.09. The van der Waals surface area contributed by atoms with E-state index in [0.29, 0.717) is 6.61 Å². The predicted octanol–water partition coefficient (Wildman–Crippen LogP) is 1.49. The fraction of sp³-hybridized carbons (Fsp3) is 0.300. The fourth-order valence-corrected chi connectivity index (χ4v) is 1.30. The molecule has 17 heavy (non-hydrogen) atoms. The summed E-state index contributed by atoms with van der Waals surface area (Å²) in [4.78, 5) is 20.7. The highest BCUT2D eigenvalue weighted by atomic mass is 16.6. The molecule has 0 saturated heterocycles. The Balaban J connectivity index is 3.06. The van der Waals surface area contributed by atoms with Gasteiger partial charge < -0.3 is 15.2 Å². The SMILES string of the molecule is CCOc1cccc(NCC(=O)O)c1[N+](=O)[O-]. The number of carbonyl (C=O) groups is 1. The van der Waals surface area contributed by atoms with Crippen LogP contribution in [0.3, 0.4) is 0 Å². The van der Waals surface area contributed by atoms with Gasteiger partial charge >= 0.3 is 11.7 Å². The third-order valence-corrected chi connectivity index (χ3v) is 1.91. The Morgan fingerprint density at radius 1 is 1.59 bits per heavy atom. The lowest BCUT2D eigenvalue weighted by molar-refractivity contribution is -0.384. The van der Waals surface area contributed by atoms with Crippen LogP contribution < -0.4 is 10.1 Å². The summed E-state index contributed by atoms with van der Waals surface area (Å²) in [7, 11) is 0. The van der Waals surface area contributed by atoms with Gasteiger partial charge in [-0.1, -0.05) is 6.07 Å². The number of anilines is 1. The molecule has 0 aromatic heterocycles. The van der Waals surface area contributed by atoms with Crippen LogP contribution in [0.4, 0.5) is 11.4 Å². The Morgan fingerprint density at radius 2 is 2.29 bits per heavy atom. The number of benzene rings is 1. The zero-order valence-corrected chi connectivity index (χ0v) is 9.17. The van der Waals surface area contributed by atoms with Crippen LogP contribution in [0.5, 0.6) is 5.75 Å². The Labute approximate surface area is 97.2 Å². The number of ether oxygens (including phenoxy) is 1. The molecule has 0 atom stereocenters. The van der Waals surface area contributed by atoms with Gasteiger partial charge in [-0.3, -0.25) is 14.9 Å². The molecule has 1 aromatic rings. The molecule has 0 amide bonds. The molecule has 0 heterocycles. The monoisotopic (exact) mass is 240 g/mol. The van der Waals surface area contributed by atoms with Gasteiger partial charge in [0.05, 0.1) is 11.5 Å². The number of nitrogens with one attached hydrogen (secondary N) is 1. The van der Waals surface area contributed by atoms with Crippen LogP contribution in [-0.4, -0.2) is 29.2 Å².